The summed E-state index contributed by atoms with van der Waals surface area (Å²) in [7, 11) is 0. The predicted octanol–water partition coefficient (Wildman–Crippen LogP) is 1.16. The maximum atomic E-state index is 10.9. The molecule has 0 unspecified atom stereocenters. The van der Waals surface area contributed by atoms with E-state index in [4.69, 9.17) is 9.84 Å². The van der Waals surface area contributed by atoms with Crippen LogP contribution in [0.15, 0.2) is 30.3 Å². The first-order chi connectivity index (χ1) is 9.66. The maximum absolute atomic E-state index is 10.9. The van der Waals surface area contributed by atoms with Crippen LogP contribution in [0.1, 0.15) is 6.92 Å². The van der Waals surface area contributed by atoms with Gasteiger partial charge in [0.1, 0.15) is 18.4 Å². The van der Waals surface area contributed by atoms with Gasteiger partial charge in [-0.2, -0.15) is 0 Å². The van der Waals surface area contributed by atoms with Gasteiger partial charge < -0.3 is 9.84 Å². The molecule has 0 spiro atoms. The fourth-order valence-corrected chi connectivity index (χ4v) is 2.34. The molecule has 1 atom stereocenters. The number of para-hydroxylation sites is 1. The van der Waals surface area contributed by atoms with E-state index in [-0.39, 0.29) is 0 Å². The summed E-state index contributed by atoms with van der Waals surface area (Å²) in [6, 6.07) is 9.40. The SMILES string of the molecule is C[C@@H](C(=O)O)N1CCN(CCOc2ccccc2)CC1. The van der Waals surface area contributed by atoms with E-state index < -0.39 is 12.0 Å². The van der Waals surface area contributed by atoms with Crippen molar-refractivity contribution in [2.75, 3.05) is 39.3 Å². The fraction of sp³-hybridized carbons (Fsp3) is 0.533. The lowest BCUT2D eigenvalue weighted by Gasteiger charge is -2.36. The topological polar surface area (TPSA) is 53.0 Å². The molecule has 110 valence electrons. The number of hydrogen-bond acceptors (Lipinski definition) is 4. The molecule has 1 aromatic carbocycles. The first kappa shape index (κ1) is 14.8. The van der Waals surface area contributed by atoms with Gasteiger partial charge in [-0.3, -0.25) is 14.6 Å². The summed E-state index contributed by atoms with van der Waals surface area (Å²) in [4.78, 5) is 15.3. The Bertz CT molecular complexity index is 416. The monoisotopic (exact) mass is 278 g/mol. The molecule has 1 N–H and O–H groups in total. The molecule has 0 radical (unpaired) electrons. The zero-order valence-electron chi connectivity index (χ0n) is 11.9. The number of benzene rings is 1. The van der Waals surface area contributed by atoms with Crippen molar-refractivity contribution in [1.82, 2.24) is 9.80 Å². The lowest BCUT2D eigenvalue weighted by molar-refractivity contribution is -0.143. The highest BCUT2D eigenvalue weighted by atomic mass is 16.5. The van der Waals surface area contributed by atoms with Crippen molar-refractivity contribution in [3.05, 3.63) is 30.3 Å². The van der Waals surface area contributed by atoms with E-state index in [2.05, 4.69) is 4.90 Å². The third kappa shape index (κ3) is 4.21. The van der Waals surface area contributed by atoms with Gasteiger partial charge in [0, 0.05) is 32.7 Å². The summed E-state index contributed by atoms with van der Waals surface area (Å²) in [5, 5.41) is 8.99. The molecule has 0 bridgehead atoms. The van der Waals surface area contributed by atoms with Crippen molar-refractivity contribution in [2.45, 2.75) is 13.0 Å². The summed E-state index contributed by atoms with van der Waals surface area (Å²) in [5.74, 6) is 0.150. The number of hydrogen-bond donors (Lipinski definition) is 1. The Kier molecular flexibility index (Phi) is 5.38. The van der Waals surface area contributed by atoms with E-state index >= 15 is 0 Å². The van der Waals surface area contributed by atoms with E-state index in [0.717, 1.165) is 38.5 Å². The van der Waals surface area contributed by atoms with Crippen molar-refractivity contribution in [1.29, 1.82) is 0 Å². The van der Waals surface area contributed by atoms with Crippen LogP contribution in [-0.2, 0) is 4.79 Å². The standard InChI is InChI=1S/C15H22N2O3/c1-13(15(18)19)17-9-7-16(8-10-17)11-12-20-14-5-3-2-4-6-14/h2-6,13H,7-12H2,1H3,(H,18,19)/t13-/m0/s1. The predicted molar refractivity (Wildman–Crippen MR) is 77.0 cm³/mol. The Balaban J connectivity index is 1.66. The van der Waals surface area contributed by atoms with E-state index in [1.807, 2.05) is 35.2 Å². The molecule has 0 amide bonds. The molecule has 1 aromatic rings. The van der Waals surface area contributed by atoms with Gasteiger partial charge in [-0.05, 0) is 19.1 Å². The zero-order valence-corrected chi connectivity index (χ0v) is 11.9. The van der Waals surface area contributed by atoms with Gasteiger partial charge in [-0.25, -0.2) is 0 Å². The number of carboxylic acid groups (broad SMARTS) is 1. The van der Waals surface area contributed by atoms with Crippen molar-refractivity contribution < 1.29 is 14.6 Å². The molecule has 5 heteroatoms. The van der Waals surface area contributed by atoms with E-state index in [1.165, 1.54) is 0 Å². The van der Waals surface area contributed by atoms with Crippen LogP contribution >= 0.6 is 0 Å². The van der Waals surface area contributed by atoms with Crippen molar-refractivity contribution in [3.63, 3.8) is 0 Å². The first-order valence-corrected chi connectivity index (χ1v) is 7.04. The number of aliphatic carboxylic acids is 1. The second-order valence-electron chi connectivity index (χ2n) is 5.05. The highest BCUT2D eigenvalue weighted by Crippen LogP contribution is 2.09. The molecule has 5 nitrogen and oxygen atoms in total. The quantitative estimate of drug-likeness (QED) is 0.846. The van der Waals surface area contributed by atoms with Crippen LogP contribution in [0.3, 0.4) is 0 Å². The second kappa shape index (κ2) is 7.26. The Hall–Kier alpha value is -1.59. The molecule has 1 fully saturated rings. The molecule has 1 aliphatic heterocycles. The highest BCUT2D eigenvalue weighted by Gasteiger charge is 2.24. The van der Waals surface area contributed by atoms with Crippen LogP contribution < -0.4 is 4.74 Å². The van der Waals surface area contributed by atoms with Crippen molar-refractivity contribution in [2.24, 2.45) is 0 Å². The Morgan fingerprint density at radius 2 is 1.90 bits per heavy atom. The Labute approximate surface area is 119 Å². The average Bonchev–Trinajstić information content (AvgIpc) is 2.48. The molecule has 1 saturated heterocycles. The van der Waals surface area contributed by atoms with Gasteiger partial charge in [-0.15, -0.1) is 0 Å². The minimum atomic E-state index is -0.745. The molecule has 1 aliphatic rings. The second-order valence-corrected chi connectivity index (χ2v) is 5.05. The molecule has 2 rings (SSSR count). The zero-order chi connectivity index (χ0) is 14.4. The van der Waals surface area contributed by atoms with Gasteiger partial charge in [0.25, 0.3) is 0 Å². The minimum Gasteiger partial charge on any atom is -0.492 e. The van der Waals surface area contributed by atoms with Gasteiger partial charge in [0.15, 0.2) is 0 Å². The third-order valence-electron chi connectivity index (χ3n) is 3.73. The van der Waals surface area contributed by atoms with Gasteiger partial charge in [0.05, 0.1) is 0 Å². The summed E-state index contributed by atoms with van der Waals surface area (Å²) in [5.41, 5.74) is 0. The molecule has 1 heterocycles. The molecular formula is C15H22N2O3. The van der Waals surface area contributed by atoms with Gasteiger partial charge in [-0.1, -0.05) is 18.2 Å². The van der Waals surface area contributed by atoms with Crippen LogP contribution in [0.4, 0.5) is 0 Å². The number of piperazine rings is 1. The van der Waals surface area contributed by atoms with E-state index in [0.29, 0.717) is 6.61 Å². The summed E-state index contributed by atoms with van der Waals surface area (Å²) >= 11 is 0. The van der Waals surface area contributed by atoms with Gasteiger partial charge >= 0.3 is 5.97 Å². The van der Waals surface area contributed by atoms with Crippen LogP contribution in [0, 0.1) is 0 Å². The molecule has 20 heavy (non-hydrogen) atoms. The van der Waals surface area contributed by atoms with Crippen LogP contribution in [0.25, 0.3) is 0 Å². The highest BCUT2D eigenvalue weighted by molar-refractivity contribution is 5.72. The molecular weight excluding hydrogens is 256 g/mol. The normalized spacial score (nSPS) is 18.6. The lowest BCUT2D eigenvalue weighted by Crippen LogP contribution is -2.52. The Morgan fingerprint density at radius 1 is 1.25 bits per heavy atom. The van der Waals surface area contributed by atoms with E-state index in [1.54, 1.807) is 6.92 Å². The van der Waals surface area contributed by atoms with E-state index in [9.17, 15) is 4.79 Å². The lowest BCUT2D eigenvalue weighted by atomic mass is 10.2. The summed E-state index contributed by atoms with van der Waals surface area (Å²) in [6.45, 7) is 6.70. The molecule has 0 aliphatic carbocycles. The number of carbonyl (C=O) groups is 1. The average molecular weight is 278 g/mol. The van der Waals surface area contributed by atoms with Crippen LogP contribution in [-0.4, -0.2) is 66.2 Å². The van der Waals surface area contributed by atoms with Crippen LogP contribution in [0.2, 0.25) is 0 Å². The van der Waals surface area contributed by atoms with Crippen molar-refractivity contribution >= 4 is 5.97 Å². The molecule has 0 saturated carbocycles. The Morgan fingerprint density at radius 3 is 2.50 bits per heavy atom. The fourth-order valence-electron chi connectivity index (χ4n) is 2.34. The number of ether oxygens (including phenoxy) is 1. The summed E-state index contributed by atoms with van der Waals surface area (Å²) < 4.78 is 5.67. The van der Waals surface area contributed by atoms with Gasteiger partial charge in [0.2, 0.25) is 0 Å². The largest absolute Gasteiger partial charge is 0.492 e. The van der Waals surface area contributed by atoms with Crippen molar-refractivity contribution in [3.8, 4) is 5.75 Å². The number of rotatable bonds is 6. The number of nitrogens with zero attached hydrogens (tertiary/aromatic N) is 2. The first-order valence-electron chi connectivity index (χ1n) is 7.04. The van der Waals surface area contributed by atoms with Crippen LogP contribution in [0.5, 0.6) is 5.75 Å². The summed E-state index contributed by atoms with van der Waals surface area (Å²) in [6.07, 6.45) is 0. The smallest absolute Gasteiger partial charge is 0.320 e. The minimum absolute atomic E-state index is 0.391. The maximum Gasteiger partial charge on any atom is 0.320 e. The third-order valence-corrected chi connectivity index (χ3v) is 3.73. The molecule has 0 aromatic heterocycles. The number of carboxylic acids is 1.